The molecule has 0 aromatic heterocycles. The summed E-state index contributed by atoms with van der Waals surface area (Å²) < 4.78 is 42.8. The SMILES string of the molecule is C=CCN1CC[C@]23c4c5ccc(OC)c4O[C@H]2[C@@H](NS(=O)(=O)Cc2ccccc2CC(C)C)CC[C@@]3(O)[C@H]1C5. The Morgan fingerprint density at radius 1 is 1.23 bits per heavy atom. The first kappa shape index (κ1) is 26.8. The van der Waals surface area contributed by atoms with Crippen LogP contribution in [0, 0.1) is 5.92 Å². The van der Waals surface area contributed by atoms with Crippen molar-refractivity contribution in [1.82, 2.24) is 9.62 Å². The summed E-state index contributed by atoms with van der Waals surface area (Å²) in [6.07, 6.45) is 4.61. The van der Waals surface area contributed by atoms with Crippen LogP contribution in [0.25, 0.3) is 0 Å². The number of nitrogens with zero attached hydrogens (tertiary/aromatic N) is 1. The number of hydrogen-bond acceptors (Lipinski definition) is 6. The van der Waals surface area contributed by atoms with Crippen molar-refractivity contribution in [2.75, 3.05) is 20.2 Å². The van der Waals surface area contributed by atoms with E-state index in [-0.39, 0.29) is 11.8 Å². The van der Waals surface area contributed by atoms with Crippen molar-refractivity contribution in [3.05, 3.63) is 71.3 Å². The van der Waals surface area contributed by atoms with Gasteiger partial charge in [-0.3, -0.25) is 4.90 Å². The summed E-state index contributed by atoms with van der Waals surface area (Å²) in [5, 5.41) is 12.6. The zero-order valence-corrected chi connectivity index (χ0v) is 24.0. The molecule has 2 aliphatic carbocycles. The summed E-state index contributed by atoms with van der Waals surface area (Å²) >= 11 is 0. The van der Waals surface area contributed by atoms with E-state index in [2.05, 4.69) is 36.1 Å². The average molecular weight is 553 g/mol. The molecule has 2 bridgehead atoms. The van der Waals surface area contributed by atoms with Gasteiger partial charge in [0.1, 0.15) is 6.10 Å². The van der Waals surface area contributed by atoms with Gasteiger partial charge >= 0.3 is 0 Å². The van der Waals surface area contributed by atoms with E-state index < -0.39 is 33.2 Å². The molecule has 0 unspecified atom stereocenters. The highest BCUT2D eigenvalue weighted by Crippen LogP contribution is 2.65. The highest BCUT2D eigenvalue weighted by Gasteiger charge is 2.73. The lowest BCUT2D eigenvalue weighted by molar-refractivity contribution is -0.188. The predicted octanol–water partition coefficient (Wildman–Crippen LogP) is 3.72. The summed E-state index contributed by atoms with van der Waals surface area (Å²) in [7, 11) is -2.05. The van der Waals surface area contributed by atoms with E-state index in [9.17, 15) is 13.5 Å². The number of ether oxygens (including phenoxy) is 2. The molecule has 8 heteroatoms. The smallest absolute Gasteiger partial charge is 0.216 e. The Balaban J connectivity index is 1.37. The molecule has 2 aliphatic heterocycles. The van der Waals surface area contributed by atoms with Gasteiger partial charge in [-0.25, -0.2) is 13.1 Å². The fourth-order valence-electron chi connectivity index (χ4n) is 8.10. The minimum atomic E-state index is -3.68. The molecular formula is C31H40N2O5S. The molecule has 4 aliphatic rings. The van der Waals surface area contributed by atoms with Crippen molar-refractivity contribution in [3.63, 3.8) is 0 Å². The number of likely N-dealkylation sites (tertiary alicyclic amines) is 1. The van der Waals surface area contributed by atoms with Crippen LogP contribution in [-0.2, 0) is 34.0 Å². The second-order valence-corrected chi connectivity index (χ2v) is 14.0. The summed E-state index contributed by atoms with van der Waals surface area (Å²) in [4.78, 5) is 2.33. The predicted molar refractivity (Wildman–Crippen MR) is 152 cm³/mol. The number of rotatable bonds is 9. The first-order chi connectivity index (χ1) is 18.6. The van der Waals surface area contributed by atoms with Crippen molar-refractivity contribution in [2.45, 2.75) is 80.9 Å². The minimum Gasteiger partial charge on any atom is -0.493 e. The molecule has 6 rings (SSSR count). The van der Waals surface area contributed by atoms with Crippen LogP contribution in [0.5, 0.6) is 11.5 Å². The normalized spacial score (nSPS) is 31.1. The van der Waals surface area contributed by atoms with Crippen LogP contribution < -0.4 is 14.2 Å². The third-order valence-electron chi connectivity index (χ3n) is 9.56. The fourth-order valence-corrected chi connectivity index (χ4v) is 9.58. The summed E-state index contributed by atoms with van der Waals surface area (Å²) in [6.45, 7) is 9.72. The zero-order chi connectivity index (χ0) is 27.6. The van der Waals surface area contributed by atoms with Crippen LogP contribution in [-0.4, -0.2) is 62.4 Å². The Bertz CT molecular complexity index is 1390. The maximum atomic E-state index is 13.7. The molecule has 210 valence electrons. The maximum Gasteiger partial charge on any atom is 0.216 e. The Morgan fingerprint density at radius 3 is 2.72 bits per heavy atom. The van der Waals surface area contributed by atoms with Gasteiger partial charge in [-0.1, -0.05) is 50.3 Å². The third-order valence-corrected chi connectivity index (χ3v) is 10.9. The van der Waals surface area contributed by atoms with Gasteiger partial charge in [0.15, 0.2) is 11.5 Å². The van der Waals surface area contributed by atoms with Gasteiger partial charge in [-0.05, 0) is 67.3 Å². The zero-order valence-electron chi connectivity index (χ0n) is 23.2. The number of hydrogen-bond donors (Lipinski definition) is 2. The maximum absolute atomic E-state index is 13.7. The minimum absolute atomic E-state index is 0.0758. The van der Waals surface area contributed by atoms with Crippen LogP contribution in [0.1, 0.15) is 55.4 Å². The average Bonchev–Trinajstić information content (AvgIpc) is 3.24. The molecule has 0 amide bonds. The standard InChI is InChI=1S/C31H40N2O5S/c1-5-15-33-16-14-30-27-22-10-11-25(37-4)28(27)38-29(30)24(12-13-31(30,34)26(33)18-22)32-39(35,36)19-23-9-7-6-8-21(23)17-20(2)3/h5-11,20,24,26,29,32,34H,1,12-19H2,2-4H3/t24-,26+,29-,30-,31+/m0/s1. The molecule has 7 nitrogen and oxygen atoms in total. The topological polar surface area (TPSA) is 88.1 Å². The molecule has 39 heavy (non-hydrogen) atoms. The Morgan fingerprint density at radius 2 is 2.00 bits per heavy atom. The van der Waals surface area contributed by atoms with Gasteiger partial charge < -0.3 is 14.6 Å². The van der Waals surface area contributed by atoms with Crippen molar-refractivity contribution >= 4 is 10.0 Å². The van der Waals surface area contributed by atoms with Crippen LogP contribution in [0.15, 0.2) is 49.1 Å². The highest BCUT2D eigenvalue weighted by atomic mass is 32.2. The number of aliphatic hydroxyl groups is 1. The Hall–Kier alpha value is -2.39. The lowest BCUT2D eigenvalue weighted by Gasteiger charge is -2.64. The molecule has 2 aromatic carbocycles. The molecule has 1 saturated heterocycles. The van der Waals surface area contributed by atoms with E-state index in [4.69, 9.17) is 9.47 Å². The first-order valence-corrected chi connectivity index (χ1v) is 15.8. The molecule has 1 spiro atoms. The van der Waals surface area contributed by atoms with Crippen molar-refractivity contribution < 1.29 is 23.0 Å². The number of methoxy groups -OCH3 is 1. The van der Waals surface area contributed by atoms with E-state index in [1.807, 2.05) is 36.4 Å². The first-order valence-electron chi connectivity index (χ1n) is 14.1. The van der Waals surface area contributed by atoms with Crippen molar-refractivity contribution in [1.29, 1.82) is 0 Å². The Labute approximate surface area is 232 Å². The van der Waals surface area contributed by atoms with Crippen LogP contribution in [0.3, 0.4) is 0 Å². The number of nitrogens with one attached hydrogen (secondary N) is 1. The lowest BCUT2D eigenvalue weighted by atomic mass is 9.48. The van der Waals surface area contributed by atoms with E-state index in [1.54, 1.807) is 7.11 Å². The monoisotopic (exact) mass is 552 g/mol. The van der Waals surface area contributed by atoms with Gasteiger partial charge in [0.2, 0.25) is 10.0 Å². The van der Waals surface area contributed by atoms with Gasteiger partial charge in [0.25, 0.3) is 0 Å². The molecule has 0 radical (unpaired) electrons. The Kier molecular flexibility index (Phi) is 6.61. The largest absolute Gasteiger partial charge is 0.493 e. The van der Waals surface area contributed by atoms with E-state index in [1.165, 1.54) is 0 Å². The van der Waals surface area contributed by atoms with Gasteiger partial charge in [-0.2, -0.15) is 0 Å². The van der Waals surface area contributed by atoms with E-state index in [0.717, 1.165) is 41.6 Å². The molecule has 2 N–H and O–H groups in total. The van der Waals surface area contributed by atoms with Gasteiger partial charge in [0.05, 0.1) is 29.9 Å². The summed E-state index contributed by atoms with van der Waals surface area (Å²) in [5.74, 6) is 1.66. The third kappa shape index (κ3) is 4.05. The van der Waals surface area contributed by atoms with Crippen LogP contribution >= 0.6 is 0 Å². The lowest BCUT2D eigenvalue weighted by Crippen LogP contribution is -2.78. The van der Waals surface area contributed by atoms with Crippen molar-refractivity contribution in [3.8, 4) is 11.5 Å². The quantitative estimate of drug-likeness (QED) is 0.461. The van der Waals surface area contributed by atoms with E-state index >= 15 is 0 Å². The van der Waals surface area contributed by atoms with Crippen molar-refractivity contribution in [2.24, 2.45) is 5.92 Å². The number of piperidine rings is 1. The second-order valence-electron chi connectivity index (χ2n) is 12.2. The number of sulfonamides is 1. The molecule has 2 aromatic rings. The molecule has 2 fully saturated rings. The highest BCUT2D eigenvalue weighted by molar-refractivity contribution is 7.88. The number of benzene rings is 2. The van der Waals surface area contributed by atoms with Gasteiger partial charge in [0, 0.05) is 18.2 Å². The summed E-state index contributed by atoms with van der Waals surface area (Å²) in [6, 6.07) is 11.3. The molecule has 1 saturated carbocycles. The van der Waals surface area contributed by atoms with Crippen LogP contribution in [0.4, 0.5) is 0 Å². The van der Waals surface area contributed by atoms with Gasteiger partial charge in [-0.15, -0.1) is 6.58 Å². The molecule has 2 heterocycles. The molecule has 5 atom stereocenters. The van der Waals surface area contributed by atoms with Crippen LogP contribution in [0.2, 0.25) is 0 Å². The van der Waals surface area contributed by atoms with E-state index in [0.29, 0.717) is 43.2 Å². The molecular weight excluding hydrogens is 512 g/mol. The second kappa shape index (κ2) is 9.61. The summed E-state index contributed by atoms with van der Waals surface area (Å²) in [5.41, 5.74) is 2.35. The fraction of sp³-hybridized carbons (Fsp3) is 0.548.